The van der Waals surface area contributed by atoms with Crippen LogP contribution in [0, 0.1) is 0 Å². The third-order valence-corrected chi connectivity index (χ3v) is 10.1. The number of benzene rings is 1. The molecule has 32 heavy (non-hydrogen) atoms. The van der Waals surface area contributed by atoms with Crippen LogP contribution in [0.1, 0.15) is 32.1 Å². The molecule has 1 aliphatic heterocycles. The van der Waals surface area contributed by atoms with Gasteiger partial charge in [0, 0.05) is 22.3 Å². The number of rotatable bonds is 6. The molecule has 1 saturated heterocycles. The van der Waals surface area contributed by atoms with E-state index in [4.69, 9.17) is 0 Å². The minimum absolute atomic E-state index is 0.0225. The van der Waals surface area contributed by atoms with Gasteiger partial charge in [0.15, 0.2) is 9.84 Å². The summed E-state index contributed by atoms with van der Waals surface area (Å²) in [5.74, 6) is 0.567. The molecule has 0 unspecified atom stereocenters. The van der Waals surface area contributed by atoms with Crippen molar-refractivity contribution in [3.8, 4) is 10.4 Å². The molecule has 1 atom stereocenters. The van der Waals surface area contributed by atoms with Crippen LogP contribution in [0.4, 0.5) is 0 Å². The van der Waals surface area contributed by atoms with E-state index in [1.54, 1.807) is 17.7 Å². The molecule has 0 spiro atoms. The van der Waals surface area contributed by atoms with Gasteiger partial charge >= 0.3 is 0 Å². The summed E-state index contributed by atoms with van der Waals surface area (Å²) in [4.78, 5) is 26.2. The number of thiophene rings is 1. The number of aromatic nitrogens is 2. The SMILES string of the molecule is O=C(CSc1ncnc2sc(-c3ccccc3)cc12)N(C1CCCC1)[C@H]1CCS(=O)(=O)C1. The summed E-state index contributed by atoms with van der Waals surface area (Å²) in [6, 6.07) is 12.2. The first kappa shape index (κ1) is 21.9. The van der Waals surface area contributed by atoms with Gasteiger partial charge in [-0.05, 0) is 30.9 Å². The maximum atomic E-state index is 13.3. The summed E-state index contributed by atoms with van der Waals surface area (Å²) in [5.41, 5.74) is 1.14. The Morgan fingerprint density at radius 1 is 1.09 bits per heavy atom. The van der Waals surface area contributed by atoms with Gasteiger partial charge in [0.25, 0.3) is 0 Å². The van der Waals surface area contributed by atoms with Crippen LogP contribution < -0.4 is 0 Å². The molecule has 168 valence electrons. The van der Waals surface area contributed by atoms with E-state index in [1.165, 1.54) is 11.8 Å². The van der Waals surface area contributed by atoms with Crippen molar-refractivity contribution in [2.75, 3.05) is 17.3 Å². The van der Waals surface area contributed by atoms with Crippen molar-refractivity contribution in [1.82, 2.24) is 14.9 Å². The fraction of sp³-hybridized carbons (Fsp3) is 0.435. The Kier molecular flexibility index (Phi) is 6.22. The standard InChI is InChI=1S/C23H25N3O3S3/c27-21(26(17-8-4-5-9-17)18-10-11-32(28,29)14-18)13-30-22-19-12-20(16-6-2-1-3-7-16)31-23(19)25-15-24-22/h1-3,6-7,12,15,17-18H,4-5,8-11,13-14H2/t18-/m0/s1. The van der Waals surface area contributed by atoms with Gasteiger partial charge < -0.3 is 4.90 Å². The zero-order valence-electron chi connectivity index (χ0n) is 17.6. The molecule has 1 aliphatic carbocycles. The highest BCUT2D eigenvalue weighted by atomic mass is 32.2. The summed E-state index contributed by atoms with van der Waals surface area (Å²) in [6.45, 7) is 0. The van der Waals surface area contributed by atoms with Crippen LogP contribution in [0.3, 0.4) is 0 Å². The second kappa shape index (κ2) is 9.11. The molecule has 2 fully saturated rings. The van der Waals surface area contributed by atoms with Crippen molar-refractivity contribution < 1.29 is 13.2 Å². The molecule has 2 aromatic heterocycles. The largest absolute Gasteiger partial charge is 0.335 e. The van der Waals surface area contributed by atoms with Crippen LogP contribution in [-0.4, -0.2) is 58.5 Å². The first-order valence-corrected chi connectivity index (χ1v) is 14.6. The van der Waals surface area contributed by atoms with Crippen LogP contribution in [0.5, 0.6) is 0 Å². The van der Waals surface area contributed by atoms with E-state index in [0.717, 1.165) is 51.4 Å². The zero-order valence-corrected chi connectivity index (χ0v) is 20.1. The topological polar surface area (TPSA) is 80.2 Å². The van der Waals surface area contributed by atoms with Gasteiger partial charge in [0.2, 0.25) is 5.91 Å². The lowest BCUT2D eigenvalue weighted by molar-refractivity contribution is -0.132. The Bertz CT molecular complexity index is 1220. The van der Waals surface area contributed by atoms with E-state index in [9.17, 15) is 13.2 Å². The van der Waals surface area contributed by atoms with Crippen molar-refractivity contribution in [1.29, 1.82) is 0 Å². The maximum absolute atomic E-state index is 13.3. The summed E-state index contributed by atoms with van der Waals surface area (Å²) in [5, 5.41) is 1.76. The fourth-order valence-corrected chi connectivity index (χ4v) is 8.40. The molecule has 5 rings (SSSR count). The molecule has 0 N–H and O–H groups in total. The highest BCUT2D eigenvalue weighted by Gasteiger charge is 2.38. The third-order valence-electron chi connectivity index (χ3n) is 6.29. The lowest BCUT2D eigenvalue weighted by Crippen LogP contribution is -2.47. The molecule has 0 bridgehead atoms. The highest BCUT2D eigenvalue weighted by Crippen LogP contribution is 2.37. The predicted octanol–water partition coefficient (Wildman–Crippen LogP) is 4.41. The first-order valence-electron chi connectivity index (χ1n) is 10.9. The second-order valence-corrected chi connectivity index (χ2v) is 12.7. The van der Waals surface area contributed by atoms with Crippen molar-refractivity contribution in [3.63, 3.8) is 0 Å². The van der Waals surface area contributed by atoms with Crippen molar-refractivity contribution in [2.24, 2.45) is 0 Å². The van der Waals surface area contributed by atoms with E-state index in [-0.39, 0.29) is 35.2 Å². The molecular weight excluding hydrogens is 462 g/mol. The molecule has 3 heterocycles. The predicted molar refractivity (Wildman–Crippen MR) is 130 cm³/mol. The lowest BCUT2D eigenvalue weighted by Gasteiger charge is -2.34. The number of thioether (sulfide) groups is 1. The smallest absolute Gasteiger partial charge is 0.233 e. The highest BCUT2D eigenvalue weighted by molar-refractivity contribution is 8.00. The van der Waals surface area contributed by atoms with Crippen molar-refractivity contribution >= 4 is 49.1 Å². The van der Waals surface area contributed by atoms with Gasteiger partial charge in [0.1, 0.15) is 16.2 Å². The molecule has 0 radical (unpaired) electrons. The minimum atomic E-state index is -3.04. The maximum Gasteiger partial charge on any atom is 0.233 e. The Balaban J connectivity index is 1.35. The summed E-state index contributed by atoms with van der Waals surface area (Å²) in [6.07, 6.45) is 6.25. The van der Waals surface area contributed by atoms with Crippen molar-refractivity contribution in [3.05, 3.63) is 42.7 Å². The Labute approximate surface area is 196 Å². The summed E-state index contributed by atoms with van der Waals surface area (Å²) < 4.78 is 24.1. The van der Waals surface area contributed by atoms with Gasteiger partial charge in [-0.3, -0.25) is 4.79 Å². The number of carbonyl (C=O) groups excluding carboxylic acids is 1. The fourth-order valence-electron chi connectivity index (χ4n) is 4.78. The van der Waals surface area contributed by atoms with Gasteiger partial charge in [-0.15, -0.1) is 11.3 Å². The van der Waals surface area contributed by atoms with Gasteiger partial charge in [-0.25, -0.2) is 18.4 Å². The molecule has 1 aromatic carbocycles. The summed E-state index contributed by atoms with van der Waals surface area (Å²) >= 11 is 3.05. The number of sulfone groups is 1. The van der Waals surface area contributed by atoms with Crippen LogP contribution in [0.2, 0.25) is 0 Å². The molecule has 6 nitrogen and oxygen atoms in total. The molecule has 1 amide bonds. The lowest BCUT2D eigenvalue weighted by atomic mass is 10.1. The monoisotopic (exact) mass is 487 g/mol. The number of amides is 1. The second-order valence-electron chi connectivity index (χ2n) is 8.46. The van der Waals surface area contributed by atoms with Gasteiger partial charge in [-0.2, -0.15) is 0 Å². The first-order chi connectivity index (χ1) is 15.5. The van der Waals surface area contributed by atoms with E-state index in [1.807, 2.05) is 23.1 Å². The number of carbonyl (C=O) groups is 1. The molecule has 2 aliphatic rings. The van der Waals surface area contributed by atoms with E-state index < -0.39 is 9.84 Å². The number of nitrogens with zero attached hydrogens (tertiary/aromatic N) is 3. The van der Waals surface area contributed by atoms with E-state index in [0.29, 0.717) is 6.42 Å². The third kappa shape index (κ3) is 4.56. The van der Waals surface area contributed by atoms with Crippen LogP contribution in [0.25, 0.3) is 20.7 Å². The van der Waals surface area contributed by atoms with E-state index in [2.05, 4.69) is 28.2 Å². The zero-order chi connectivity index (χ0) is 22.1. The molecule has 3 aromatic rings. The Morgan fingerprint density at radius 2 is 1.88 bits per heavy atom. The number of hydrogen-bond donors (Lipinski definition) is 0. The number of fused-ring (bicyclic) bond motifs is 1. The van der Waals surface area contributed by atoms with Crippen LogP contribution >= 0.6 is 23.1 Å². The number of hydrogen-bond acceptors (Lipinski definition) is 7. The Morgan fingerprint density at radius 3 is 2.59 bits per heavy atom. The quantitative estimate of drug-likeness (QED) is 0.379. The normalized spacial score (nSPS) is 20.7. The average molecular weight is 488 g/mol. The molecule has 1 saturated carbocycles. The van der Waals surface area contributed by atoms with E-state index >= 15 is 0 Å². The van der Waals surface area contributed by atoms with Gasteiger partial charge in [-0.1, -0.05) is 54.9 Å². The molecule has 9 heteroatoms. The molecular formula is C23H25N3O3S3. The van der Waals surface area contributed by atoms with Crippen LogP contribution in [-0.2, 0) is 14.6 Å². The average Bonchev–Trinajstić information content (AvgIpc) is 3.53. The van der Waals surface area contributed by atoms with Crippen LogP contribution in [0.15, 0.2) is 47.8 Å². The summed E-state index contributed by atoms with van der Waals surface area (Å²) in [7, 11) is -3.04. The minimum Gasteiger partial charge on any atom is -0.335 e. The van der Waals surface area contributed by atoms with Gasteiger partial charge in [0.05, 0.1) is 17.3 Å². The Hall–Kier alpha value is -1.97. The van der Waals surface area contributed by atoms with Crippen molar-refractivity contribution in [2.45, 2.75) is 49.2 Å².